The molecule has 0 spiro atoms. The lowest BCUT2D eigenvalue weighted by Crippen LogP contribution is -2.58. The van der Waals surface area contributed by atoms with Gasteiger partial charge in [0.1, 0.15) is 6.33 Å². The fourth-order valence-corrected chi connectivity index (χ4v) is 2.16. The van der Waals surface area contributed by atoms with Gasteiger partial charge in [-0.05, 0) is 19.4 Å². The van der Waals surface area contributed by atoms with Gasteiger partial charge in [-0.15, -0.1) is 0 Å². The first-order valence-corrected chi connectivity index (χ1v) is 5.94. The lowest BCUT2D eigenvalue weighted by Gasteiger charge is -2.41. The summed E-state index contributed by atoms with van der Waals surface area (Å²) in [5, 5.41) is 3.59. The van der Waals surface area contributed by atoms with Crippen molar-refractivity contribution in [2.24, 2.45) is 0 Å². The summed E-state index contributed by atoms with van der Waals surface area (Å²) in [5.74, 6) is 0. The summed E-state index contributed by atoms with van der Waals surface area (Å²) >= 11 is 0. The fraction of sp³-hybridized carbons (Fsp3) is 0.667. The molecule has 1 fully saturated rings. The van der Waals surface area contributed by atoms with Crippen molar-refractivity contribution in [2.75, 3.05) is 19.6 Å². The van der Waals surface area contributed by atoms with E-state index in [9.17, 15) is 0 Å². The van der Waals surface area contributed by atoms with E-state index in [-0.39, 0.29) is 5.54 Å². The van der Waals surface area contributed by atoms with Crippen molar-refractivity contribution in [3.63, 3.8) is 0 Å². The maximum absolute atomic E-state index is 4.27. The minimum absolute atomic E-state index is 0.255. The molecule has 2 heterocycles. The van der Waals surface area contributed by atoms with Crippen LogP contribution >= 0.6 is 0 Å². The van der Waals surface area contributed by atoms with Crippen LogP contribution in [-0.2, 0) is 6.54 Å². The Morgan fingerprint density at radius 3 is 3.12 bits per heavy atom. The summed E-state index contributed by atoms with van der Waals surface area (Å²) in [4.78, 5) is 10.7. The van der Waals surface area contributed by atoms with Crippen LogP contribution in [0.15, 0.2) is 18.6 Å². The van der Waals surface area contributed by atoms with Crippen LogP contribution in [0.5, 0.6) is 0 Å². The molecule has 2 rings (SSSR count). The highest BCUT2D eigenvalue weighted by atomic mass is 15.2. The van der Waals surface area contributed by atoms with Crippen LogP contribution in [0.2, 0.25) is 0 Å². The first-order chi connectivity index (χ1) is 7.72. The molecule has 1 saturated heterocycles. The fourth-order valence-electron chi connectivity index (χ4n) is 2.16. The number of nitrogens with one attached hydrogen (secondary N) is 1. The summed E-state index contributed by atoms with van der Waals surface area (Å²) in [5.41, 5.74) is 1.36. The summed E-state index contributed by atoms with van der Waals surface area (Å²) in [7, 11) is 0. The SMILES string of the molecule is CCC1(C)CN(Cc2ccncn2)CCN1. The van der Waals surface area contributed by atoms with Crippen LogP contribution in [0.4, 0.5) is 0 Å². The number of piperazine rings is 1. The van der Waals surface area contributed by atoms with E-state index in [2.05, 4.69) is 34.0 Å². The van der Waals surface area contributed by atoms with Crippen molar-refractivity contribution in [1.29, 1.82) is 0 Å². The zero-order valence-electron chi connectivity index (χ0n) is 10.1. The summed E-state index contributed by atoms with van der Waals surface area (Å²) in [6.07, 6.45) is 4.59. The van der Waals surface area contributed by atoms with E-state index in [1.54, 1.807) is 6.33 Å². The van der Waals surface area contributed by atoms with E-state index in [1.807, 2.05) is 12.3 Å². The van der Waals surface area contributed by atoms with Crippen LogP contribution in [0.25, 0.3) is 0 Å². The molecule has 88 valence electrons. The lowest BCUT2D eigenvalue weighted by molar-refractivity contribution is 0.132. The average Bonchev–Trinajstić information content (AvgIpc) is 2.30. The number of nitrogens with zero attached hydrogens (tertiary/aromatic N) is 3. The molecule has 1 aromatic rings. The van der Waals surface area contributed by atoms with Gasteiger partial charge in [0.15, 0.2) is 0 Å². The Bertz CT molecular complexity index is 327. The standard InChI is InChI=1S/C12H20N4/c1-3-12(2)9-16(7-6-15-12)8-11-4-5-13-10-14-11/h4-5,10,15H,3,6-9H2,1-2H3. The van der Waals surface area contributed by atoms with Gasteiger partial charge >= 0.3 is 0 Å². The van der Waals surface area contributed by atoms with Crippen molar-refractivity contribution in [2.45, 2.75) is 32.4 Å². The van der Waals surface area contributed by atoms with Crippen molar-refractivity contribution in [3.05, 3.63) is 24.3 Å². The predicted octanol–water partition coefficient (Wildman–Crippen LogP) is 1.05. The topological polar surface area (TPSA) is 41.1 Å². The van der Waals surface area contributed by atoms with Gasteiger partial charge in [0.25, 0.3) is 0 Å². The quantitative estimate of drug-likeness (QED) is 0.826. The van der Waals surface area contributed by atoms with Gasteiger partial charge in [0, 0.05) is 37.9 Å². The lowest BCUT2D eigenvalue weighted by atomic mass is 9.96. The van der Waals surface area contributed by atoms with E-state index in [1.165, 1.54) is 0 Å². The molecule has 1 aliphatic heterocycles. The molecule has 0 amide bonds. The van der Waals surface area contributed by atoms with E-state index >= 15 is 0 Å². The summed E-state index contributed by atoms with van der Waals surface area (Å²) < 4.78 is 0. The molecular weight excluding hydrogens is 200 g/mol. The molecule has 1 aliphatic rings. The van der Waals surface area contributed by atoms with Crippen LogP contribution in [0.1, 0.15) is 26.0 Å². The Morgan fingerprint density at radius 1 is 1.56 bits per heavy atom. The van der Waals surface area contributed by atoms with E-state index in [4.69, 9.17) is 0 Å². The number of aromatic nitrogens is 2. The summed E-state index contributed by atoms with van der Waals surface area (Å²) in [6.45, 7) is 8.71. The highest BCUT2D eigenvalue weighted by Crippen LogP contribution is 2.16. The Morgan fingerprint density at radius 2 is 2.44 bits per heavy atom. The van der Waals surface area contributed by atoms with E-state index in [0.29, 0.717) is 0 Å². The predicted molar refractivity (Wildman–Crippen MR) is 64.0 cm³/mol. The van der Waals surface area contributed by atoms with Gasteiger partial charge in [0.05, 0.1) is 5.69 Å². The van der Waals surface area contributed by atoms with Crippen molar-refractivity contribution in [3.8, 4) is 0 Å². The molecule has 4 heteroatoms. The van der Waals surface area contributed by atoms with Crippen LogP contribution in [0.3, 0.4) is 0 Å². The zero-order valence-corrected chi connectivity index (χ0v) is 10.1. The molecule has 1 atom stereocenters. The zero-order chi connectivity index (χ0) is 11.4. The molecule has 0 bridgehead atoms. The van der Waals surface area contributed by atoms with Crippen molar-refractivity contribution >= 4 is 0 Å². The molecule has 1 N–H and O–H groups in total. The molecule has 0 aromatic carbocycles. The van der Waals surface area contributed by atoms with Crippen LogP contribution < -0.4 is 5.32 Å². The Kier molecular flexibility index (Phi) is 3.51. The normalized spacial score (nSPS) is 26.9. The molecule has 4 nitrogen and oxygen atoms in total. The first kappa shape index (κ1) is 11.5. The third-order valence-corrected chi connectivity index (χ3v) is 3.36. The summed E-state index contributed by atoms with van der Waals surface area (Å²) in [6, 6.07) is 1.99. The number of hydrogen-bond donors (Lipinski definition) is 1. The van der Waals surface area contributed by atoms with Crippen LogP contribution in [-0.4, -0.2) is 40.0 Å². The van der Waals surface area contributed by atoms with Gasteiger partial charge in [-0.1, -0.05) is 6.92 Å². The van der Waals surface area contributed by atoms with Gasteiger partial charge in [-0.3, -0.25) is 4.90 Å². The minimum Gasteiger partial charge on any atom is -0.309 e. The second-order valence-corrected chi connectivity index (χ2v) is 4.75. The largest absolute Gasteiger partial charge is 0.309 e. The second-order valence-electron chi connectivity index (χ2n) is 4.75. The molecular formula is C12H20N4. The van der Waals surface area contributed by atoms with Crippen LogP contribution in [0, 0.1) is 0 Å². The number of rotatable bonds is 3. The molecule has 1 unspecified atom stereocenters. The Balaban J connectivity index is 1.96. The smallest absolute Gasteiger partial charge is 0.115 e. The molecule has 16 heavy (non-hydrogen) atoms. The molecule has 0 aliphatic carbocycles. The van der Waals surface area contributed by atoms with E-state index in [0.717, 1.165) is 38.3 Å². The van der Waals surface area contributed by atoms with Gasteiger partial charge in [-0.25, -0.2) is 9.97 Å². The first-order valence-electron chi connectivity index (χ1n) is 5.94. The Hall–Kier alpha value is -1.00. The van der Waals surface area contributed by atoms with E-state index < -0.39 is 0 Å². The highest BCUT2D eigenvalue weighted by molar-refractivity contribution is 4.99. The highest BCUT2D eigenvalue weighted by Gasteiger charge is 2.28. The maximum atomic E-state index is 4.27. The minimum atomic E-state index is 0.255. The number of hydrogen-bond acceptors (Lipinski definition) is 4. The average molecular weight is 220 g/mol. The molecule has 0 saturated carbocycles. The van der Waals surface area contributed by atoms with Gasteiger partial charge < -0.3 is 5.32 Å². The molecule has 0 radical (unpaired) electrons. The molecule has 1 aromatic heterocycles. The second kappa shape index (κ2) is 4.89. The third-order valence-electron chi connectivity index (χ3n) is 3.36. The Labute approximate surface area is 97.1 Å². The monoisotopic (exact) mass is 220 g/mol. The van der Waals surface area contributed by atoms with Gasteiger partial charge in [-0.2, -0.15) is 0 Å². The maximum Gasteiger partial charge on any atom is 0.115 e. The van der Waals surface area contributed by atoms with Gasteiger partial charge in [0.2, 0.25) is 0 Å². The van der Waals surface area contributed by atoms with Crippen molar-refractivity contribution in [1.82, 2.24) is 20.2 Å². The van der Waals surface area contributed by atoms with Crippen molar-refractivity contribution < 1.29 is 0 Å². The third kappa shape index (κ3) is 2.77.